The average Bonchev–Trinajstić information content (AvgIpc) is 2.44. The third kappa shape index (κ3) is 5.59. The van der Waals surface area contributed by atoms with Gasteiger partial charge in [0.15, 0.2) is 0 Å². The SMILES string of the molecule is CCOC(=O)C(NCCCN=[N+]=[N-])c1ccc(Cl)cc1F. The van der Waals surface area contributed by atoms with E-state index in [-0.39, 0.29) is 17.2 Å². The minimum Gasteiger partial charge on any atom is -0.465 e. The van der Waals surface area contributed by atoms with Gasteiger partial charge in [-0.3, -0.25) is 0 Å². The highest BCUT2D eigenvalue weighted by Gasteiger charge is 2.24. The third-order valence-corrected chi connectivity index (χ3v) is 2.88. The fraction of sp³-hybridized carbons (Fsp3) is 0.462. The van der Waals surface area contributed by atoms with Crippen LogP contribution >= 0.6 is 11.6 Å². The Balaban J connectivity index is 2.81. The van der Waals surface area contributed by atoms with Crippen LogP contribution in [0.4, 0.5) is 4.39 Å². The quantitative estimate of drug-likeness (QED) is 0.262. The summed E-state index contributed by atoms with van der Waals surface area (Å²) in [6, 6.07) is 3.17. The number of carbonyl (C=O) groups is 1. The second kappa shape index (κ2) is 9.18. The number of benzene rings is 1. The van der Waals surface area contributed by atoms with Crippen LogP contribution in [0.15, 0.2) is 23.3 Å². The first-order chi connectivity index (χ1) is 10.1. The lowest BCUT2D eigenvalue weighted by atomic mass is 10.1. The number of esters is 1. The van der Waals surface area contributed by atoms with Crippen molar-refractivity contribution in [1.29, 1.82) is 0 Å². The van der Waals surface area contributed by atoms with E-state index in [1.165, 1.54) is 12.1 Å². The molecule has 0 aliphatic heterocycles. The number of carbonyl (C=O) groups excluding carboxylic acids is 1. The zero-order valence-electron chi connectivity index (χ0n) is 11.6. The first-order valence-corrected chi connectivity index (χ1v) is 6.83. The van der Waals surface area contributed by atoms with Crippen LogP contribution in [0.5, 0.6) is 0 Å². The van der Waals surface area contributed by atoms with Crippen LogP contribution in [-0.2, 0) is 9.53 Å². The number of rotatable bonds is 8. The molecule has 1 rings (SSSR count). The molecule has 0 aliphatic rings. The lowest BCUT2D eigenvalue weighted by Gasteiger charge is -2.18. The van der Waals surface area contributed by atoms with E-state index in [1.54, 1.807) is 6.92 Å². The molecule has 8 heteroatoms. The molecule has 1 aromatic carbocycles. The van der Waals surface area contributed by atoms with Gasteiger partial charge in [0.25, 0.3) is 0 Å². The first-order valence-electron chi connectivity index (χ1n) is 6.46. The molecule has 6 nitrogen and oxygen atoms in total. The predicted molar refractivity (Wildman–Crippen MR) is 77.4 cm³/mol. The highest BCUT2D eigenvalue weighted by atomic mass is 35.5. The summed E-state index contributed by atoms with van der Waals surface area (Å²) in [6.07, 6.45) is 0.523. The van der Waals surface area contributed by atoms with Crippen molar-refractivity contribution in [3.8, 4) is 0 Å². The van der Waals surface area contributed by atoms with Crippen LogP contribution in [0.25, 0.3) is 10.4 Å². The predicted octanol–water partition coefficient (Wildman–Crippen LogP) is 3.37. The second-order valence-electron chi connectivity index (χ2n) is 4.11. The van der Waals surface area contributed by atoms with E-state index in [0.717, 1.165) is 6.07 Å². The Bertz CT molecular complexity index is 535. The van der Waals surface area contributed by atoms with Gasteiger partial charge in [-0.05, 0) is 37.6 Å². The maximum Gasteiger partial charge on any atom is 0.327 e. The van der Waals surface area contributed by atoms with E-state index < -0.39 is 17.8 Å². The number of nitrogens with one attached hydrogen (secondary N) is 1. The average molecular weight is 315 g/mol. The molecule has 114 valence electrons. The van der Waals surface area contributed by atoms with Gasteiger partial charge in [-0.1, -0.05) is 22.8 Å². The van der Waals surface area contributed by atoms with E-state index in [1.807, 2.05) is 0 Å². The molecule has 0 spiro atoms. The van der Waals surface area contributed by atoms with Crippen molar-refractivity contribution >= 4 is 17.6 Å². The van der Waals surface area contributed by atoms with E-state index in [2.05, 4.69) is 15.3 Å². The Labute approximate surface area is 126 Å². The topological polar surface area (TPSA) is 87.1 Å². The van der Waals surface area contributed by atoms with Crippen LogP contribution in [0.3, 0.4) is 0 Å². The maximum atomic E-state index is 13.9. The van der Waals surface area contributed by atoms with E-state index in [4.69, 9.17) is 21.9 Å². The lowest BCUT2D eigenvalue weighted by Crippen LogP contribution is -2.32. The summed E-state index contributed by atoms with van der Waals surface area (Å²) in [4.78, 5) is 14.6. The van der Waals surface area contributed by atoms with E-state index >= 15 is 0 Å². The fourth-order valence-corrected chi connectivity index (χ4v) is 1.88. The fourth-order valence-electron chi connectivity index (χ4n) is 1.72. The molecule has 1 unspecified atom stereocenters. The Kier molecular flexibility index (Phi) is 7.53. The van der Waals surface area contributed by atoms with Gasteiger partial charge in [0.1, 0.15) is 11.9 Å². The number of hydrogen-bond donors (Lipinski definition) is 1. The Morgan fingerprint density at radius 1 is 1.62 bits per heavy atom. The molecular formula is C13H16ClFN4O2. The normalized spacial score (nSPS) is 11.6. The van der Waals surface area contributed by atoms with Crippen molar-refractivity contribution < 1.29 is 13.9 Å². The second-order valence-corrected chi connectivity index (χ2v) is 4.55. The van der Waals surface area contributed by atoms with Crippen LogP contribution in [0, 0.1) is 5.82 Å². The summed E-state index contributed by atoms with van der Waals surface area (Å²) < 4.78 is 18.9. The molecule has 0 bridgehead atoms. The number of nitrogens with zero attached hydrogens (tertiary/aromatic N) is 3. The monoisotopic (exact) mass is 314 g/mol. The van der Waals surface area contributed by atoms with Crippen molar-refractivity contribution in [2.45, 2.75) is 19.4 Å². The molecular weight excluding hydrogens is 299 g/mol. The standard InChI is InChI=1S/C13H16ClFN4O2/c1-2-21-13(20)12(17-6-3-7-18-19-16)10-5-4-9(14)8-11(10)15/h4-5,8,12,17H,2-3,6-7H2,1H3. The van der Waals surface area contributed by atoms with Crippen molar-refractivity contribution in [3.05, 3.63) is 45.0 Å². The van der Waals surface area contributed by atoms with Crippen LogP contribution in [-0.4, -0.2) is 25.7 Å². The van der Waals surface area contributed by atoms with Gasteiger partial charge in [0.2, 0.25) is 0 Å². The summed E-state index contributed by atoms with van der Waals surface area (Å²) in [6.45, 7) is 2.55. The van der Waals surface area contributed by atoms with Gasteiger partial charge in [-0.15, -0.1) is 0 Å². The van der Waals surface area contributed by atoms with Crippen LogP contribution in [0.2, 0.25) is 5.02 Å². The van der Waals surface area contributed by atoms with Gasteiger partial charge in [0.05, 0.1) is 6.61 Å². The highest BCUT2D eigenvalue weighted by molar-refractivity contribution is 6.30. The van der Waals surface area contributed by atoms with Crippen molar-refractivity contribution in [2.75, 3.05) is 19.7 Å². The maximum absolute atomic E-state index is 13.9. The summed E-state index contributed by atoms with van der Waals surface area (Å²) in [7, 11) is 0. The molecule has 0 heterocycles. The van der Waals surface area contributed by atoms with E-state index in [0.29, 0.717) is 19.5 Å². The van der Waals surface area contributed by atoms with Crippen LogP contribution in [0.1, 0.15) is 24.9 Å². The minimum absolute atomic E-state index is 0.168. The largest absolute Gasteiger partial charge is 0.465 e. The Morgan fingerprint density at radius 2 is 2.38 bits per heavy atom. The van der Waals surface area contributed by atoms with Crippen LogP contribution < -0.4 is 5.32 Å². The molecule has 0 saturated carbocycles. The molecule has 0 fully saturated rings. The number of ether oxygens (including phenoxy) is 1. The zero-order valence-corrected chi connectivity index (χ0v) is 12.3. The summed E-state index contributed by atoms with van der Waals surface area (Å²) >= 11 is 5.70. The van der Waals surface area contributed by atoms with Gasteiger partial charge in [-0.25, -0.2) is 9.18 Å². The van der Waals surface area contributed by atoms with Crippen molar-refractivity contribution in [3.63, 3.8) is 0 Å². The van der Waals surface area contributed by atoms with Crippen molar-refractivity contribution in [1.82, 2.24) is 5.32 Å². The smallest absolute Gasteiger partial charge is 0.327 e. The number of hydrogen-bond acceptors (Lipinski definition) is 4. The van der Waals surface area contributed by atoms with Crippen molar-refractivity contribution in [2.24, 2.45) is 5.11 Å². The number of azide groups is 1. The summed E-state index contributed by atoms with van der Waals surface area (Å²) in [5.74, 6) is -1.15. The minimum atomic E-state index is -0.923. The molecule has 1 aromatic rings. The van der Waals surface area contributed by atoms with Gasteiger partial charge < -0.3 is 10.1 Å². The molecule has 0 aromatic heterocycles. The lowest BCUT2D eigenvalue weighted by molar-refractivity contribution is -0.145. The first kappa shape index (κ1) is 17.2. The molecule has 0 amide bonds. The molecule has 0 aliphatic carbocycles. The van der Waals surface area contributed by atoms with Gasteiger partial charge >= 0.3 is 5.97 Å². The number of halogens is 2. The highest BCUT2D eigenvalue weighted by Crippen LogP contribution is 2.22. The van der Waals surface area contributed by atoms with E-state index in [9.17, 15) is 9.18 Å². The zero-order chi connectivity index (χ0) is 15.7. The molecule has 1 N–H and O–H groups in total. The Hall–Kier alpha value is -1.82. The Morgan fingerprint density at radius 3 is 3.00 bits per heavy atom. The molecule has 0 saturated heterocycles. The molecule has 21 heavy (non-hydrogen) atoms. The molecule has 0 radical (unpaired) electrons. The summed E-state index contributed by atoms with van der Waals surface area (Å²) in [5.41, 5.74) is 8.34. The summed E-state index contributed by atoms with van der Waals surface area (Å²) in [5, 5.41) is 6.54. The molecule has 1 atom stereocenters. The van der Waals surface area contributed by atoms with Gasteiger partial charge in [-0.2, -0.15) is 0 Å². The third-order valence-electron chi connectivity index (χ3n) is 2.64. The van der Waals surface area contributed by atoms with Gasteiger partial charge in [0, 0.05) is 22.0 Å².